The standard InChI is InChI=1S/C36H38NO5P/c1-25(2)37(26(3)36(39)40-22-28-12-6-5-7-13-28)43(41-23-29-18-20-30(21-19-29)27(4)38)42-24-35-33-16-10-8-14-31(33)32-15-9-11-17-34(32)35/h5-21,25-26,35H,22-24H2,1-4H3. The number of carbonyl (C=O) groups excluding carboxylic acids is 2. The van der Waals surface area contributed by atoms with Crippen LogP contribution in [0.5, 0.6) is 0 Å². The fraction of sp³-hybridized carbons (Fsp3) is 0.278. The number of benzene rings is 4. The molecule has 7 heteroatoms. The number of Topliss-reactive ketones (excluding diaryl/α,β-unsaturated/α-hetero) is 1. The summed E-state index contributed by atoms with van der Waals surface area (Å²) in [6.07, 6.45) is 0. The summed E-state index contributed by atoms with van der Waals surface area (Å²) in [5.41, 5.74) is 7.40. The average molecular weight is 596 g/mol. The molecule has 0 saturated heterocycles. The number of rotatable bonds is 13. The third kappa shape index (κ3) is 7.29. The van der Waals surface area contributed by atoms with Crippen LogP contribution < -0.4 is 0 Å². The molecule has 6 nitrogen and oxygen atoms in total. The summed E-state index contributed by atoms with van der Waals surface area (Å²) in [6.45, 7) is 8.34. The van der Waals surface area contributed by atoms with Crippen molar-refractivity contribution < 1.29 is 23.4 Å². The molecule has 0 spiro atoms. The Bertz CT molecular complexity index is 1490. The zero-order valence-electron chi connectivity index (χ0n) is 25.1. The molecule has 0 heterocycles. The lowest BCUT2D eigenvalue weighted by molar-refractivity contribution is -0.149. The van der Waals surface area contributed by atoms with Gasteiger partial charge in [0.1, 0.15) is 12.6 Å². The summed E-state index contributed by atoms with van der Waals surface area (Å²) in [7, 11) is -1.67. The van der Waals surface area contributed by atoms with E-state index in [-0.39, 0.29) is 36.9 Å². The number of ether oxygens (including phenoxy) is 1. The highest BCUT2D eigenvalue weighted by Crippen LogP contribution is 2.51. The van der Waals surface area contributed by atoms with E-state index in [0.29, 0.717) is 12.2 Å². The zero-order chi connectivity index (χ0) is 30.3. The van der Waals surface area contributed by atoms with Gasteiger partial charge in [0, 0.05) is 17.5 Å². The van der Waals surface area contributed by atoms with Crippen LogP contribution in [0.4, 0.5) is 0 Å². The van der Waals surface area contributed by atoms with Gasteiger partial charge >= 0.3 is 5.97 Å². The Labute approximate surface area is 255 Å². The molecule has 0 fully saturated rings. The quantitative estimate of drug-likeness (QED) is 0.0880. The Hall–Kier alpha value is -3.67. The first kappa shape index (κ1) is 30.8. The second-order valence-electron chi connectivity index (χ2n) is 11.0. The van der Waals surface area contributed by atoms with Crippen molar-refractivity contribution in [1.82, 2.24) is 4.67 Å². The van der Waals surface area contributed by atoms with Crippen molar-refractivity contribution in [3.63, 3.8) is 0 Å². The van der Waals surface area contributed by atoms with Crippen LogP contribution in [0.2, 0.25) is 0 Å². The minimum Gasteiger partial charge on any atom is -0.460 e. The van der Waals surface area contributed by atoms with Crippen molar-refractivity contribution >= 4 is 20.3 Å². The van der Waals surface area contributed by atoms with Crippen molar-refractivity contribution in [2.45, 2.75) is 58.9 Å². The topological polar surface area (TPSA) is 65.1 Å². The Morgan fingerprint density at radius 3 is 1.86 bits per heavy atom. The molecule has 222 valence electrons. The second kappa shape index (κ2) is 14.2. The van der Waals surface area contributed by atoms with Gasteiger partial charge in [-0.2, -0.15) is 0 Å². The van der Waals surface area contributed by atoms with Crippen LogP contribution in [0.25, 0.3) is 11.1 Å². The zero-order valence-corrected chi connectivity index (χ0v) is 26.0. The number of fused-ring (bicyclic) bond motifs is 3. The van der Waals surface area contributed by atoms with Gasteiger partial charge in [-0.1, -0.05) is 103 Å². The molecule has 2 unspecified atom stereocenters. The molecule has 0 saturated carbocycles. The van der Waals surface area contributed by atoms with E-state index in [1.165, 1.54) is 22.3 Å². The van der Waals surface area contributed by atoms with E-state index in [1.807, 2.05) is 67.9 Å². The van der Waals surface area contributed by atoms with Gasteiger partial charge in [0.05, 0.1) is 13.2 Å². The molecule has 0 N–H and O–H groups in total. The van der Waals surface area contributed by atoms with E-state index in [2.05, 4.69) is 48.5 Å². The molecule has 5 rings (SSSR count). The number of hydrogen-bond donors (Lipinski definition) is 0. The van der Waals surface area contributed by atoms with Crippen LogP contribution >= 0.6 is 8.53 Å². The summed E-state index contributed by atoms with van der Waals surface area (Å²) in [5.74, 6) is -0.270. The van der Waals surface area contributed by atoms with Gasteiger partial charge in [-0.3, -0.25) is 9.59 Å². The van der Waals surface area contributed by atoms with Crippen molar-refractivity contribution in [3.8, 4) is 11.1 Å². The lowest BCUT2D eigenvalue weighted by atomic mass is 9.98. The number of carbonyl (C=O) groups is 2. The lowest BCUT2D eigenvalue weighted by Crippen LogP contribution is -2.41. The summed E-state index contributed by atoms with van der Waals surface area (Å²) in [4.78, 5) is 25.1. The number of esters is 1. The molecule has 0 amide bonds. The third-order valence-electron chi connectivity index (χ3n) is 7.70. The Morgan fingerprint density at radius 2 is 1.28 bits per heavy atom. The van der Waals surface area contributed by atoms with Gasteiger partial charge < -0.3 is 13.8 Å². The number of hydrogen-bond acceptors (Lipinski definition) is 6. The highest BCUT2D eigenvalue weighted by Gasteiger charge is 2.36. The fourth-order valence-electron chi connectivity index (χ4n) is 5.45. The molecule has 43 heavy (non-hydrogen) atoms. The predicted octanol–water partition coefficient (Wildman–Crippen LogP) is 8.30. The molecule has 0 radical (unpaired) electrons. The van der Waals surface area contributed by atoms with Gasteiger partial charge in [0.15, 0.2) is 5.78 Å². The largest absolute Gasteiger partial charge is 0.460 e. The van der Waals surface area contributed by atoms with Gasteiger partial charge in [-0.05, 0) is 61.1 Å². The first-order chi connectivity index (χ1) is 20.8. The SMILES string of the molecule is CC(=O)c1ccc(COP(OCC2c3ccccc3-c3ccccc32)N(C(C)C)C(C)C(=O)OCc2ccccc2)cc1. The van der Waals surface area contributed by atoms with Gasteiger partial charge in [0.2, 0.25) is 0 Å². The van der Waals surface area contributed by atoms with E-state index < -0.39 is 14.6 Å². The van der Waals surface area contributed by atoms with E-state index >= 15 is 0 Å². The van der Waals surface area contributed by atoms with Crippen LogP contribution in [-0.2, 0) is 31.8 Å². The third-order valence-corrected chi connectivity index (χ3v) is 9.60. The molecule has 0 aliphatic heterocycles. The fourth-order valence-corrected chi connectivity index (χ4v) is 7.08. The first-order valence-corrected chi connectivity index (χ1v) is 15.8. The Morgan fingerprint density at radius 1 is 0.721 bits per heavy atom. The van der Waals surface area contributed by atoms with Crippen LogP contribution in [0.1, 0.15) is 66.2 Å². The summed E-state index contributed by atoms with van der Waals surface area (Å²) < 4.78 is 20.9. The minimum atomic E-state index is -1.67. The monoisotopic (exact) mass is 595 g/mol. The Balaban J connectivity index is 1.37. The summed E-state index contributed by atoms with van der Waals surface area (Å²) in [6, 6.07) is 33.3. The molecular weight excluding hydrogens is 557 g/mol. The second-order valence-corrected chi connectivity index (χ2v) is 12.5. The predicted molar refractivity (Wildman–Crippen MR) is 171 cm³/mol. The van der Waals surface area contributed by atoms with Crippen molar-refractivity contribution in [2.75, 3.05) is 6.61 Å². The molecule has 0 aromatic heterocycles. The van der Waals surface area contributed by atoms with E-state index in [9.17, 15) is 9.59 Å². The van der Waals surface area contributed by atoms with Crippen LogP contribution in [0.15, 0.2) is 103 Å². The Kier molecular flexibility index (Phi) is 10.2. The molecule has 0 bridgehead atoms. The smallest absolute Gasteiger partial charge is 0.323 e. The maximum absolute atomic E-state index is 13.3. The lowest BCUT2D eigenvalue weighted by Gasteiger charge is -2.36. The molecule has 1 aliphatic rings. The minimum absolute atomic E-state index is 0.0176. The molecule has 4 aromatic carbocycles. The molecule has 2 atom stereocenters. The van der Waals surface area contributed by atoms with Gasteiger partial charge in [0.25, 0.3) is 8.53 Å². The number of ketones is 1. The number of nitrogens with zero attached hydrogens (tertiary/aromatic N) is 1. The van der Waals surface area contributed by atoms with E-state index in [0.717, 1.165) is 11.1 Å². The molecule has 1 aliphatic carbocycles. The summed E-state index contributed by atoms with van der Waals surface area (Å²) >= 11 is 0. The highest BCUT2D eigenvalue weighted by atomic mass is 31.2. The highest BCUT2D eigenvalue weighted by molar-refractivity contribution is 7.44. The summed E-state index contributed by atoms with van der Waals surface area (Å²) in [5, 5.41) is 0. The normalized spacial score (nSPS) is 13.9. The van der Waals surface area contributed by atoms with Gasteiger partial charge in [-0.15, -0.1) is 0 Å². The average Bonchev–Trinajstić information content (AvgIpc) is 3.35. The van der Waals surface area contributed by atoms with Crippen LogP contribution in [0.3, 0.4) is 0 Å². The van der Waals surface area contributed by atoms with E-state index in [4.69, 9.17) is 13.8 Å². The van der Waals surface area contributed by atoms with Crippen LogP contribution in [-0.4, -0.2) is 35.1 Å². The van der Waals surface area contributed by atoms with Crippen LogP contribution in [0, 0.1) is 0 Å². The van der Waals surface area contributed by atoms with Crippen molar-refractivity contribution in [1.29, 1.82) is 0 Å². The van der Waals surface area contributed by atoms with Crippen molar-refractivity contribution in [3.05, 3.63) is 131 Å². The molecule has 4 aromatic rings. The van der Waals surface area contributed by atoms with Crippen molar-refractivity contribution in [2.24, 2.45) is 0 Å². The molecular formula is C36H38NO5P. The van der Waals surface area contributed by atoms with Gasteiger partial charge in [-0.25, -0.2) is 4.67 Å². The maximum atomic E-state index is 13.3. The first-order valence-electron chi connectivity index (χ1n) is 14.7. The van der Waals surface area contributed by atoms with E-state index in [1.54, 1.807) is 19.1 Å². The maximum Gasteiger partial charge on any atom is 0.323 e.